The predicted octanol–water partition coefficient (Wildman–Crippen LogP) is 1.92. The van der Waals surface area contributed by atoms with Crippen molar-refractivity contribution >= 4 is 12.0 Å². The Morgan fingerprint density at radius 3 is 2.85 bits per heavy atom. The molecule has 0 unspecified atom stereocenters. The highest BCUT2D eigenvalue weighted by Gasteiger charge is 2.09. The molecule has 5 nitrogen and oxygen atoms in total. The summed E-state index contributed by atoms with van der Waals surface area (Å²) >= 11 is 0. The van der Waals surface area contributed by atoms with E-state index < -0.39 is 0 Å². The smallest absolute Gasteiger partial charge is 0.246 e. The van der Waals surface area contributed by atoms with Gasteiger partial charge in [0.1, 0.15) is 11.6 Å². The second-order valence-corrected chi connectivity index (χ2v) is 4.39. The van der Waals surface area contributed by atoms with E-state index in [0.717, 1.165) is 0 Å². The van der Waals surface area contributed by atoms with Gasteiger partial charge in [0.05, 0.1) is 6.54 Å². The first-order valence-electron chi connectivity index (χ1n) is 6.12. The SMILES string of the molecule is Cc1nc(CN(C)C(=O)C=Cc2ccccc2F)n[nH]1. The average molecular weight is 274 g/mol. The number of hydrogen-bond acceptors (Lipinski definition) is 3. The molecule has 1 amide bonds. The monoisotopic (exact) mass is 274 g/mol. The van der Waals surface area contributed by atoms with Gasteiger partial charge in [0.25, 0.3) is 0 Å². The number of aromatic nitrogens is 3. The van der Waals surface area contributed by atoms with Gasteiger partial charge in [0.15, 0.2) is 5.82 Å². The van der Waals surface area contributed by atoms with E-state index >= 15 is 0 Å². The molecule has 0 fully saturated rings. The second-order valence-electron chi connectivity index (χ2n) is 4.39. The van der Waals surface area contributed by atoms with Crippen LogP contribution in [0.1, 0.15) is 17.2 Å². The number of H-pyrrole nitrogens is 1. The number of aryl methyl sites for hydroxylation is 1. The van der Waals surface area contributed by atoms with Gasteiger partial charge in [-0.25, -0.2) is 9.37 Å². The van der Waals surface area contributed by atoms with E-state index in [-0.39, 0.29) is 11.7 Å². The van der Waals surface area contributed by atoms with Crippen molar-refractivity contribution in [2.45, 2.75) is 13.5 Å². The predicted molar refractivity (Wildman–Crippen MR) is 73.0 cm³/mol. The van der Waals surface area contributed by atoms with Crippen molar-refractivity contribution in [3.05, 3.63) is 53.4 Å². The van der Waals surface area contributed by atoms with Crippen molar-refractivity contribution in [1.82, 2.24) is 20.1 Å². The summed E-state index contributed by atoms with van der Waals surface area (Å²) in [4.78, 5) is 17.5. The van der Waals surface area contributed by atoms with Crippen LogP contribution in [0.15, 0.2) is 30.3 Å². The third-order valence-corrected chi connectivity index (χ3v) is 2.71. The molecule has 2 rings (SSSR count). The van der Waals surface area contributed by atoms with E-state index in [9.17, 15) is 9.18 Å². The molecular formula is C14H15FN4O. The minimum absolute atomic E-state index is 0.240. The number of carbonyl (C=O) groups excluding carboxylic acids is 1. The molecule has 0 radical (unpaired) electrons. The lowest BCUT2D eigenvalue weighted by Gasteiger charge is -2.12. The zero-order valence-corrected chi connectivity index (χ0v) is 11.3. The molecular weight excluding hydrogens is 259 g/mol. The number of hydrogen-bond donors (Lipinski definition) is 1. The Balaban J connectivity index is 1.99. The van der Waals surface area contributed by atoms with E-state index in [4.69, 9.17) is 0 Å². The van der Waals surface area contributed by atoms with Crippen LogP contribution in [0.4, 0.5) is 4.39 Å². The van der Waals surface area contributed by atoms with Crippen molar-refractivity contribution in [3.8, 4) is 0 Å². The number of likely N-dealkylation sites (N-methyl/N-ethyl adjacent to an activating group) is 1. The number of nitrogens with zero attached hydrogens (tertiary/aromatic N) is 3. The molecule has 0 atom stereocenters. The number of halogens is 1. The Kier molecular flexibility index (Phi) is 4.24. The van der Waals surface area contributed by atoms with Crippen LogP contribution in [0.3, 0.4) is 0 Å². The van der Waals surface area contributed by atoms with Gasteiger partial charge in [0, 0.05) is 18.7 Å². The van der Waals surface area contributed by atoms with Crippen LogP contribution >= 0.6 is 0 Å². The van der Waals surface area contributed by atoms with Gasteiger partial charge in [-0.2, -0.15) is 5.10 Å². The van der Waals surface area contributed by atoms with Crippen LogP contribution in [0.25, 0.3) is 6.08 Å². The van der Waals surface area contributed by atoms with Gasteiger partial charge in [-0.3, -0.25) is 9.89 Å². The van der Waals surface area contributed by atoms with Gasteiger partial charge < -0.3 is 4.90 Å². The Morgan fingerprint density at radius 1 is 1.45 bits per heavy atom. The normalized spacial score (nSPS) is 10.9. The number of benzene rings is 1. The highest BCUT2D eigenvalue weighted by molar-refractivity contribution is 5.91. The molecule has 1 aromatic heterocycles. The fourth-order valence-corrected chi connectivity index (χ4v) is 1.65. The topological polar surface area (TPSA) is 61.9 Å². The molecule has 1 heterocycles. The highest BCUT2D eigenvalue weighted by atomic mass is 19.1. The summed E-state index contributed by atoms with van der Waals surface area (Å²) in [5, 5.41) is 6.67. The molecule has 0 spiro atoms. The lowest BCUT2D eigenvalue weighted by atomic mass is 10.2. The van der Waals surface area contributed by atoms with Gasteiger partial charge in [-0.05, 0) is 19.1 Å². The zero-order chi connectivity index (χ0) is 14.5. The molecule has 6 heteroatoms. The van der Waals surface area contributed by atoms with Gasteiger partial charge in [-0.15, -0.1) is 0 Å². The van der Waals surface area contributed by atoms with Crippen molar-refractivity contribution in [3.63, 3.8) is 0 Å². The van der Waals surface area contributed by atoms with Crippen molar-refractivity contribution in [2.24, 2.45) is 0 Å². The Morgan fingerprint density at radius 2 is 2.20 bits per heavy atom. The molecule has 0 saturated heterocycles. The van der Waals surface area contributed by atoms with Crippen LogP contribution in [0.2, 0.25) is 0 Å². The Labute approximate surface area is 116 Å². The highest BCUT2D eigenvalue weighted by Crippen LogP contribution is 2.08. The van der Waals surface area contributed by atoms with Gasteiger partial charge in [0.2, 0.25) is 5.91 Å². The molecule has 0 saturated carbocycles. The minimum Gasteiger partial charge on any atom is -0.335 e. The largest absolute Gasteiger partial charge is 0.335 e. The first kappa shape index (κ1) is 13.9. The minimum atomic E-state index is -0.358. The third-order valence-electron chi connectivity index (χ3n) is 2.71. The zero-order valence-electron chi connectivity index (χ0n) is 11.3. The second kappa shape index (κ2) is 6.10. The molecule has 0 bridgehead atoms. The Hall–Kier alpha value is -2.50. The lowest BCUT2D eigenvalue weighted by Crippen LogP contribution is -2.24. The molecule has 0 aliphatic carbocycles. The standard InChI is InChI=1S/C14H15FN4O/c1-10-16-13(18-17-10)9-19(2)14(20)8-7-11-5-3-4-6-12(11)15/h3-8H,9H2,1-2H3,(H,16,17,18). The van der Waals surface area contributed by atoms with Gasteiger partial charge in [-0.1, -0.05) is 18.2 Å². The molecule has 1 aromatic carbocycles. The molecule has 104 valence electrons. The van der Waals surface area contributed by atoms with Crippen LogP contribution < -0.4 is 0 Å². The maximum atomic E-state index is 13.4. The fraction of sp³-hybridized carbons (Fsp3) is 0.214. The van der Waals surface area contributed by atoms with E-state index in [2.05, 4.69) is 15.2 Å². The van der Waals surface area contributed by atoms with Crippen LogP contribution in [-0.4, -0.2) is 33.0 Å². The fourth-order valence-electron chi connectivity index (χ4n) is 1.65. The van der Waals surface area contributed by atoms with Crippen LogP contribution in [0, 0.1) is 12.7 Å². The molecule has 0 aliphatic heterocycles. The summed E-state index contributed by atoms with van der Waals surface area (Å²) in [7, 11) is 1.64. The quantitative estimate of drug-likeness (QED) is 0.866. The van der Waals surface area contributed by atoms with Crippen LogP contribution in [0.5, 0.6) is 0 Å². The third kappa shape index (κ3) is 3.50. The first-order valence-corrected chi connectivity index (χ1v) is 6.12. The maximum absolute atomic E-state index is 13.4. The molecule has 0 aliphatic rings. The lowest BCUT2D eigenvalue weighted by molar-refractivity contribution is -0.125. The van der Waals surface area contributed by atoms with E-state index in [0.29, 0.717) is 23.8 Å². The summed E-state index contributed by atoms with van der Waals surface area (Å²) in [6, 6.07) is 6.28. The number of aromatic amines is 1. The van der Waals surface area contributed by atoms with E-state index in [1.807, 2.05) is 0 Å². The number of rotatable bonds is 4. The summed E-state index contributed by atoms with van der Waals surface area (Å²) in [5.74, 6) is 0.639. The molecule has 20 heavy (non-hydrogen) atoms. The Bertz CT molecular complexity index is 636. The number of carbonyl (C=O) groups is 1. The molecule has 1 N–H and O–H groups in total. The summed E-state index contributed by atoms with van der Waals surface area (Å²) in [6.07, 6.45) is 2.79. The van der Waals surface area contributed by atoms with Crippen molar-refractivity contribution in [1.29, 1.82) is 0 Å². The number of amides is 1. The van der Waals surface area contributed by atoms with Crippen LogP contribution in [-0.2, 0) is 11.3 Å². The van der Waals surface area contributed by atoms with E-state index in [1.165, 1.54) is 23.1 Å². The van der Waals surface area contributed by atoms with E-state index in [1.54, 1.807) is 32.2 Å². The van der Waals surface area contributed by atoms with Crippen molar-refractivity contribution < 1.29 is 9.18 Å². The maximum Gasteiger partial charge on any atom is 0.246 e. The average Bonchev–Trinajstić information content (AvgIpc) is 2.82. The van der Waals surface area contributed by atoms with Gasteiger partial charge >= 0.3 is 0 Å². The molecule has 2 aromatic rings. The summed E-state index contributed by atoms with van der Waals surface area (Å²) in [6.45, 7) is 2.08. The van der Waals surface area contributed by atoms with Crippen molar-refractivity contribution in [2.75, 3.05) is 7.05 Å². The summed E-state index contributed by atoms with van der Waals surface area (Å²) < 4.78 is 13.4. The summed E-state index contributed by atoms with van der Waals surface area (Å²) in [5.41, 5.74) is 0.378. The first-order chi connectivity index (χ1) is 9.56. The number of nitrogens with one attached hydrogen (secondary N) is 1.